The molecule has 0 unspecified atom stereocenters. The third-order valence-electron chi connectivity index (χ3n) is 8.38. The van der Waals surface area contributed by atoms with E-state index < -0.39 is 0 Å². The molecule has 2 aliphatic heterocycles. The predicted octanol–water partition coefficient (Wildman–Crippen LogP) is 3.26. The summed E-state index contributed by atoms with van der Waals surface area (Å²) in [5.74, 6) is 1.21. The Morgan fingerprint density at radius 1 is 0.974 bits per heavy atom. The van der Waals surface area contributed by atoms with E-state index in [-0.39, 0.29) is 5.91 Å². The first-order chi connectivity index (χ1) is 18.6. The molecule has 6 rings (SSSR count). The minimum absolute atomic E-state index is 0.00126. The van der Waals surface area contributed by atoms with Crippen molar-refractivity contribution in [2.24, 2.45) is 0 Å². The molecule has 0 atom stereocenters. The molecule has 3 aromatic rings. The highest BCUT2D eigenvalue weighted by atomic mass is 16.2. The SMILES string of the molecule is CN(C)C(=O)c1cc2cnc(Nc3ccc(N4CCC(N5CCNCC5)CC4)cn3)nc2n1C1CCCC1. The first kappa shape index (κ1) is 25.1. The second-order valence-electron chi connectivity index (χ2n) is 11.0. The normalized spacial score (nSPS) is 19.8. The van der Waals surface area contributed by atoms with Crippen LogP contribution in [-0.4, -0.2) is 94.6 Å². The number of piperazine rings is 1. The Hall–Kier alpha value is -3.24. The number of anilines is 3. The Labute approximate surface area is 224 Å². The van der Waals surface area contributed by atoms with Crippen molar-refractivity contribution in [1.29, 1.82) is 0 Å². The van der Waals surface area contributed by atoms with Gasteiger partial charge >= 0.3 is 0 Å². The molecular weight excluding hydrogens is 478 g/mol. The number of pyridine rings is 1. The minimum Gasteiger partial charge on any atom is -0.370 e. The monoisotopic (exact) mass is 517 g/mol. The standard InChI is InChI=1S/C28H39N9O/c1-34(2)27(38)24-17-20-18-31-28(33-26(20)37(24)22-5-3-4-6-22)32-25-8-7-23(19-30-25)35-13-9-21(10-14-35)36-15-11-29-12-16-36/h7-8,17-19,21-22,29H,3-6,9-16H2,1-2H3,(H,30,31,32,33). The lowest BCUT2D eigenvalue weighted by atomic mass is 10.0. The third-order valence-corrected chi connectivity index (χ3v) is 8.38. The third kappa shape index (κ3) is 5.07. The maximum atomic E-state index is 13.0. The van der Waals surface area contributed by atoms with Gasteiger partial charge in [-0.15, -0.1) is 0 Å². The van der Waals surface area contributed by atoms with Crippen LogP contribution < -0.4 is 15.5 Å². The van der Waals surface area contributed by atoms with Crippen LogP contribution in [0.1, 0.15) is 55.1 Å². The lowest BCUT2D eigenvalue weighted by molar-refractivity contribution is 0.0815. The summed E-state index contributed by atoms with van der Waals surface area (Å²) in [6.07, 6.45) is 10.7. The van der Waals surface area contributed by atoms with E-state index in [2.05, 4.69) is 41.0 Å². The Bertz CT molecular complexity index is 1250. The van der Waals surface area contributed by atoms with E-state index in [1.165, 1.54) is 38.8 Å². The molecule has 1 saturated carbocycles. The maximum absolute atomic E-state index is 13.0. The molecule has 3 aromatic heterocycles. The summed E-state index contributed by atoms with van der Waals surface area (Å²) in [7, 11) is 3.59. The molecule has 0 bridgehead atoms. The van der Waals surface area contributed by atoms with E-state index in [0.717, 1.165) is 55.7 Å². The smallest absolute Gasteiger partial charge is 0.270 e. The molecule has 3 aliphatic rings. The van der Waals surface area contributed by atoms with E-state index in [1.807, 2.05) is 18.3 Å². The van der Waals surface area contributed by atoms with Gasteiger partial charge in [0.15, 0.2) is 0 Å². The molecule has 0 radical (unpaired) electrons. The fourth-order valence-corrected chi connectivity index (χ4v) is 6.29. The van der Waals surface area contributed by atoms with E-state index in [0.29, 0.717) is 29.5 Å². The topological polar surface area (TPSA) is 94.5 Å². The number of piperidine rings is 1. The van der Waals surface area contributed by atoms with Crippen LogP contribution in [0.5, 0.6) is 0 Å². The van der Waals surface area contributed by atoms with Gasteiger partial charge in [0, 0.05) is 77.0 Å². The van der Waals surface area contributed by atoms with Gasteiger partial charge in [0.2, 0.25) is 5.95 Å². The van der Waals surface area contributed by atoms with Crippen LogP contribution in [0.2, 0.25) is 0 Å². The summed E-state index contributed by atoms with van der Waals surface area (Å²) in [6.45, 7) is 6.68. The number of hydrogen-bond acceptors (Lipinski definition) is 8. The molecule has 2 N–H and O–H groups in total. The first-order valence-electron chi connectivity index (χ1n) is 14.1. The lowest BCUT2D eigenvalue weighted by Crippen LogP contribution is -2.52. The van der Waals surface area contributed by atoms with Crippen LogP contribution in [0.25, 0.3) is 11.0 Å². The number of aromatic nitrogens is 4. The molecular formula is C28H39N9O. The van der Waals surface area contributed by atoms with Crippen LogP contribution in [0.15, 0.2) is 30.6 Å². The number of carbonyl (C=O) groups is 1. The summed E-state index contributed by atoms with van der Waals surface area (Å²) in [6, 6.07) is 7.06. The van der Waals surface area contributed by atoms with E-state index in [4.69, 9.17) is 4.98 Å². The number of carbonyl (C=O) groups excluding carboxylic acids is 1. The number of rotatable bonds is 6. The zero-order chi connectivity index (χ0) is 26.1. The number of fused-ring (bicyclic) bond motifs is 1. The van der Waals surface area contributed by atoms with Crippen molar-refractivity contribution < 1.29 is 4.79 Å². The van der Waals surface area contributed by atoms with Gasteiger partial charge in [-0.1, -0.05) is 12.8 Å². The van der Waals surface area contributed by atoms with Crippen molar-refractivity contribution in [3.05, 3.63) is 36.3 Å². The molecule has 0 aromatic carbocycles. The molecule has 202 valence electrons. The summed E-state index contributed by atoms with van der Waals surface area (Å²) in [4.78, 5) is 33.7. The van der Waals surface area contributed by atoms with Crippen molar-refractivity contribution in [2.45, 2.75) is 50.6 Å². The number of amides is 1. The zero-order valence-corrected chi connectivity index (χ0v) is 22.6. The lowest BCUT2D eigenvalue weighted by Gasteiger charge is -2.41. The van der Waals surface area contributed by atoms with Gasteiger partial charge in [-0.25, -0.2) is 9.97 Å². The molecule has 0 spiro atoms. The zero-order valence-electron chi connectivity index (χ0n) is 22.6. The summed E-state index contributed by atoms with van der Waals surface area (Å²) in [5, 5.41) is 7.62. The van der Waals surface area contributed by atoms with Gasteiger partial charge in [0.25, 0.3) is 5.91 Å². The second kappa shape index (κ2) is 10.9. The molecule has 2 saturated heterocycles. The highest BCUT2D eigenvalue weighted by Gasteiger charge is 2.27. The highest BCUT2D eigenvalue weighted by molar-refractivity contribution is 5.97. The summed E-state index contributed by atoms with van der Waals surface area (Å²) < 4.78 is 2.14. The largest absolute Gasteiger partial charge is 0.370 e. The molecule has 1 aliphatic carbocycles. The quantitative estimate of drug-likeness (QED) is 0.515. The number of hydrogen-bond donors (Lipinski definition) is 2. The fraction of sp³-hybridized carbons (Fsp3) is 0.571. The van der Waals surface area contributed by atoms with Crippen molar-refractivity contribution in [2.75, 3.05) is 63.6 Å². The van der Waals surface area contributed by atoms with Crippen LogP contribution in [0, 0.1) is 0 Å². The van der Waals surface area contributed by atoms with Gasteiger partial charge < -0.3 is 25.0 Å². The van der Waals surface area contributed by atoms with Crippen LogP contribution in [0.3, 0.4) is 0 Å². The van der Waals surface area contributed by atoms with E-state index in [9.17, 15) is 4.79 Å². The number of nitrogens with one attached hydrogen (secondary N) is 2. The Morgan fingerprint density at radius 2 is 1.74 bits per heavy atom. The second-order valence-corrected chi connectivity index (χ2v) is 11.0. The van der Waals surface area contributed by atoms with Crippen LogP contribution in [0.4, 0.5) is 17.5 Å². The van der Waals surface area contributed by atoms with Crippen molar-refractivity contribution >= 4 is 34.4 Å². The molecule has 10 nitrogen and oxygen atoms in total. The highest BCUT2D eigenvalue weighted by Crippen LogP contribution is 2.35. The van der Waals surface area contributed by atoms with E-state index in [1.54, 1.807) is 25.2 Å². The fourth-order valence-electron chi connectivity index (χ4n) is 6.29. The summed E-state index contributed by atoms with van der Waals surface area (Å²) in [5.41, 5.74) is 2.66. The molecule has 3 fully saturated rings. The molecule has 1 amide bonds. The van der Waals surface area contributed by atoms with Crippen LogP contribution >= 0.6 is 0 Å². The van der Waals surface area contributed by atoms with Gasteiger partial charge in [0.1, 0.15) is 17.2 Å². The van der Waals surface area contributed by atoms with Gasteiger partial charge in [-0.2, -0.15) is 4.98 Å². The Morgan fingerprint density at radius 3 is 2.42 bits per heavy atom. The average molecular weight is 518 g/mol. The molecule has 10 heteroatoms. The average Bonchev–Trinajstić information content (AvgIpc) is 3.61. The van der Waals surface area contributed by atoms with Gasteiger partial charge in [-0.3, -0.25) is 9.69 Å². The molecule has 5 heterocycles. The van der Waals surface area contributed by atoms with Crippen LogP contribution in [-0.2, 0) is 0 Å². The minimum atomic E-state index is -0.00126. The Balaban J connectivity index is 1.16. The van der Waals surface area contributed by atoms with Gasteiger partial charge in [0.05, 0.1) is 11.9 Å². The predicted molar refractivity (Wildman–Crippen MR) is 150 cm³/mol. The molecule has 38 heavy (non-hydrogen) atoms. The summed E-state index contributed by atoms with van der Waals surface area (Å²) >= 11 is 0. The van der Waals surface area contributed by atoms with Crippen molar-refractivity contribution in [3.8, 4) is 0 Å². The first-order valence-corrected chi connectivity index (χ1v) is 14.1. The van der Waals surface area contributed by atoms with Crippen molar-refractivity contribution in [3.63, 3.8) is 0 Å². The maximum Gasteiger partial charge on any atom is 0.270 e. The Kier molecular flexibility index (Phi) is 7.16. The number of nitrogens with zero attached hydrogens (tertiary/aromatic N) is 7. The van der Waals surface area contributed by atoms with E-state index >= 15 is 0 Å². The van der Waals surface area contributed by atoms with Gasteiger partial charge in [-0.05, 0) is 43.9 Å². The van der Waals surface area contributed by atoms with Crippen molar-refractivity contribution in [1.82, 2.24) is 34.6 Å².